The second-order valence-corrected chi connectivity index (χ2v) is 8.84. The number of likely N-dealkylation sites (tertiary alicyclic amines) is 1. The largest absolute Gasteiger partial charge is 0.395 e. The first-order chi connectivity index (χ1) is 15.0. The van der Waals surface area contributed by atoms with E-state index in [9.17, 15) is 0 Å². The fourth-order valence-electron chi connectivity index (χ4n) is 4.48. The van der Waals surface area contributed by atoms with Gasteiger partial charge in [-0.05, 0) is 62.0 Å². The zero-order chi connectivity index (χ0) is 22.0. The van der Waals surface area contributed by atoms with Crippen molar-refractivity contribution in [1.82, 2.24) is 21.0 Å². The van der Waals surface area contributed by atoms with Crippen molar-refractivity contribution in [2.75, 3.05) is 45.3 Å². The maximum atomic E-state index is 9.11. The van der Waals surface area contributed by atoms with E-state index in [0.717, 1.165) is 61.6 Å². The molecule has 2 fully saturated rings. The Morgan fingerprint density at radius 2 is 2.03 bits per heavy atom. The summed E-state index contributed by atoms with van der Waals surface area (Å²) in [5.41, 5.74) is 11.8. The van der Waals surface area contributed by atoms with Crippen LogP contribution >= 0.6 is 0 Å². The molecule has 0 amide bonds. The maximum Gasteiger partial charge on any atom is 0.102 e. The van der Waals surface area contributed by atoms with Gasteiger partial charge in [-0.2, -0.15) is 0 Å². The van der Waals surface area contributed by atoms with E-state index in [2.05, 4.69) is 63.0 Å². The summed E-state index contributed by atoms with van der Waals surface area (Å²) in [6, 6.07) is 7.02. The molecule has 0 bridgehead atoms. The second-order valence-electron chi connectivity index (χ2n) is 8.84. The number of aliphatic hydroxyl groups is 1. The first-order valence-corrected chi connectivity index (χ1v) is 11.3. The van der Waals surface area contributed by atoms with E-state index in [1.54, 1.807) is 0 Å². The Balaban J connectivity index is 1.49. The Bertz CT molecular complexity index is 907. The molecule has 1 aliphatic carbocycles. The predicted molar refractivity (Wildman–Crippen MR) is 127 cm³/mol. The normalized spacial score (nSPS) is 20.1. The minimum absolute atomic E-state index is 0.230. The number of β-amino-alcohol motifs (C(OH)–C–C–N with tert-alkyl or cyclic N) is 1. The zero-order valence-electron chi connectivity index (χ0n) is 19.3. The SMILES string of the molecule is CN=C(/C(C)=C(\C)NC(NC1CN(CCO)C1)=C1CCC1)c1ccc2c(c1)CNN2C. The molecule has 1 saturated carbocycles. The van der Waals surface area contributed by atoms with Crippen molar-refractivity contribution in [2.24, 2.45) is 4.99 Å². The molecule has 1 aromatic rings. The number of aliphatic imine (C=N–C) groups is 1. The third kappa shape index (κ3) is 4.63. The summed E-state index contributed by atoms with van der Waals surface area (Å²) in [5.74, 6) is 1.17. The van der Waals surface area contributed by atoms with Crippen LogP contribution in [-0.2, 0) is 6.54 Å². The highest BCUT2D eigenvalue weighted by molar-refractivity contribution is 6.12. The summed E-state index contributed by atoms with van der Waals surface area (Å²) in [4.78, 5) is 6.92. The molecule has 0 aromatic heterocycles. The molecule has 1 aromatic carbocycles. The minimum atomic E-state index is 0.230. The lowest BCUT2D eigenvalue weighted by molar-refractivity contribution is 0.104. The third-order valence-corrected chi connectivity index (χ3v) is 6.71. The quantitative estimate of drug-likeness (QED) is 0.479. The van der Waals surface area contributed by atoms with Gasteiger partial charge in [0.2, 0.25) is 0 Å². The average molecular weight is 425 g/mol. The lowest BCUT2D eigenvalue weighted by Gasteiger charge is -2.41. The second kappa shape index (κ2) is 9.42. The summed E-state index contributed by atoms with van der Waals surface area (Å²) in [6.45, 7) is 8.11. The van der Waals surface area contributed by atoms with E-state index in [4.69, 9.17) is 5.11 Å². The molecule has 2 heterocycles. The minimum Gasteiger partial charge on any atom is -0.395 e. The number of hydrogen-bond acceptors (Lipinski definition) is 7. The molecule has 1 saturated heterocycles. The van der Waals surface area contributed by atoms with Gasteiger partial charge in [-0.3, -0.25) is 9.89 Å². The highest BCUT2D eigenvalue weighted by Crippen LogP contribution is 2.29. The van der Waals surface area contributed by atoms with Gasteiger partial charge in [0.05, 0.1) is 24.0 Å². The lowest BCUT2D eigenvalue weighted by atomic mass is 9.91. The topological polar surface area (TPSA) is 75.2 Å². The van der Waals surface area contributed by atoms with Gasteiger partial charge in [0.15, 0.2) is 0 Å². The number of anilines is 1. The highest BCUT2D eigenvalue weighted by atomic mass is 16.3. The summed E-state index contributed by atoms with van der Waals surface area (Å²) in [6.07, 6.45) is 3.59. The van der Waals surface area contributed by atoms with E-state index >= 15 is 0 Å². The van der Waals surface area contributed by atoms with Crippen LogP contribution in [0.3, 0.4) is 0 Å². The van der Waals surface area contributed by atoms with E-state index in [1.165, 1.54) is 29.1 Å². The standard InChI is InChI=1S/C24H36N6O/c1-16(23(25-3)19-8-9-22-20(12-19)13-26-29(22)4)17(2)27-24(18-6-5-7-18)28-21-14-30(15-21)10-11-31/h8-9,12,21,26-28,31H,5-7,10-11,13-15H2,1-4H3/b17-16+,25-23?. The van der Waals surface area contributed by atoms with Gasteiger partial charge in [0.1, 0.15) is 5.82 Å². The Labute approximate surface area is 185 Å². The number of aliphatic hydroxyl groups excluding tert-OH is 1. The molecule has 31 heavy (non-hydrogen) atoms. The number of nitrogens with one attached hydrogen (secondary N) is 3. The van der Waals surface area contributed by atoms with Crippen LogP contribution in [0.25, 0.3) is 0 Å². The van der Waals surface area contributed by atoms with Gasteiger partial charge in [-0.15, -0.1) is 0 Å². The molecule has 0 unspecified atom stereocenters. The summed E-state index contributed by atoms with van der Waals surface area (Å²) in [5, 5.41) is 18.6. The summed E-state index contributed by atoms with van der Waals surface area (Å²) < 4.78 is 0. The van der Waals surface area contributed by atoms with Crippen molar-refractivity contribution in [3.05, 3.63) is 52.0 Å². The molecule has 0 atom stereocenters. The van der Waals surface area contributed by atoms with Crippen LogP contribution < -0.4 is 21.1 Å². The molecule has 2 aliphatic heterocycles. The Hall–Kier alpha value is -2.35. The van der Waals surface area contributed by atoms with Gasteiger partial charge < -0.3 is 20.7 Å². The Morgan fingerprint density at radius 3 is 2.68 bits per heavy atom. The monoisotopic (exact) mass is 424 g/mol. The van der Waals surface area contributed by atoms with Crippen molar-refractivity contribution in [2.45, 2.75) is 45.7 Å². The van der Waals surface area contributed by atoms with Crippen molar-refractivity contribution in [3.63, 3.8) is 0 Å². The van der Waals surface area contributed by atoms with Crippen LogP contribution in [0.4, 0.5) is 5.69 Å². The molecule has 7 nitrogen and oxygen atoms in total. The maximum absolute atomic E-state index is 9.11. The van der Waals surface area contributed by atoms with Crippen molar-refractivity contribution >= 4 is 11.4 Å². The molecule has 0 spiro atoms. The van der Waals surface area contributed by atoms with E-state index < -0.39 is 0 Å². The van der Waals surface area contributed by atoms with Gasteiger partial charge in [0, 0.05) is 51.5 Å². The molecule has 3 aliphatic rings. The number of fused-ring (bicyclic) bond motifs is 1. The molecular weight excluding hydrogens is 388 g/mol. The van der Waals surface area contributed by atoms with Crippen LogP contribution in [-0.4, -0.2) is 62.1 Å². The van der Waals surface area contributed by atoms with Gasteiger partial charge in [0.25, 0.3) is 0 Å². The van der Waals surface area contributed by atoms with Gasteiger partial charge >= 0.3 is 0 Å². The number of hydrogen-bond donors (Lipinski definition) is 4. The number of benzene rings is 1. The number of nitrogens with zero attached hydrogens (tertiary/aromatic N) is 3. The third-order valence-electron chi connectivity index (χ3n) is 6.71. The summed E-state index contributed by atoms with van der Waals surface area (Å²) in [7, 11) is 3.92. The predicted octanol–water partition coefficient (Wildman–Crippen LogP) is 2.11. The van der Waals surface area contributed by atoms with E-state index in [-0.39, 0.29) is 6.61 Å². The van der Waals surface area contributed by atoms with E-state index in [1.807, 2.05) is 14.1 Å². The van der Waals surface area contributed by atoms with Crippen LogP contribution in [0.2, 0.25) is 0 Å². The van der Waals surface area contributed by atoms with Crippen LogP contribution in [0, 0.1) is 0 Å². The van der Waals surface area contributed by atoms with Crippen LogP contribution in [0.15, 0.2) is 45.9 Å². The first-order valence-electron chi connectivity index (χ1n) is 11.3. The van der Waals surface area contributed by atoms with Crippen molar-refractivity contribution in [1.29, 1.82) is 0 Å². The Kier molecular flexibility index (Phi) is 6.65. The molecule has 4 N–H and O–H groups in total. The van der Waals surface area contributed by atoms with Crippen LogP contribution in [0.1, 0.15) is 44.2 Å². The molecule has 0 radical (unpaired) electrons. The zero-order valence-corrected chi connectivity index (χ0v) is 19.3. The molecule has 4 rings (SSSR count). The Morgan fingerprint density at radius 1 is 1.26 bits per heavy atom. The lowest BCUT2D eigenvalue weighted by Crippen LogP contribution is -2.59. The fraction of sp³-hybridized carbons (Fsp3) is 0.542. The van der Waals surface area contributed by atoms with Gasteiger partial charge in [-0.1, -0.05) is 6.07 Å². The molecule has 168 valence electrons. The molecular formula is C24H36N6O. The fourth-order valence-corrected chi connectivity index (χ4v) is 4.48. The summed E-state index contributed by atoms with van der Waals surface area (Å²) >= 11 is 0. The van der Waals surface area contributed by atoms with Crippen molar-refractivity contribution < 1.29 is 5.11 Å². The number of allylic oxidation sites excluding steroid dienone is 3. The average Bonchev–Trinajstić information content (AvgIpc) is 3.05. The van der Waals surface area contributed by atoms with Crippen LogP contribution in [0.5, 0.6) is 0 Å². The number of rotatable bonds is 8. The first kappa shape index (κ1) is 21.9. The van der Waals surface area contributed by atoms with E-state index in [0.29, 0.717) is 6.04 Å². The highest BCUT2D eigenvalue weighted by Gasteiger charge is 2.28. The number of hydrazine groups is 1. The van der Waals surface area contributed by atoms with Crippen molar-refractivity contribution in [3.8, 4) is 0 Å². The molecule has 7 heteroatoms. The smallest absolute Gasteiger partial charge is 0.102 e. The van der Waals surface area contributed by atoms with Gasteiger partial charge in [-0.25, -0.2) is 5.43 Å².